The Hall–Kier alpha value is -8.81. The van der Waals surface area contributed by atoms with Gasteiger partial charge in [-0.2, -0.15) is 0 Å². The smallest absolute Gasteiger partial charge is 0.164 e. The van der Waals surface area contributed by atoms with Crippen LogP contribution in [0.15, 0.2) is 195 Å². The van der Waals surface area contributed by atoms with Gasteiger partial charge in [-0.25, -0.2) is 15.0 Å². The van der Waals surface area contributed by atoms with Crippen molar-refractivity contribution in [1.82, 2.24) is 19.5 Å². The fraction of sp³-hybridized carbons (Fsp3) is 0. The Kier molecular flexibility index (Phi) is 6.56. The lowest BCUT2D eigenvalue weighted by Crippen LogP contribution is -2.02. The first-order chi connectivity index (χ1) is 31.7. The van der Waals surface area contributed by atoms with E-state index in [4.69, 9.17) is 28.2 Å². The van der Waals surface area contributed by atoms with Crippen LogP contribution in [-0.4, -0.2) is 19.5 Å². The third kappa shape index (κ3) is 4.61. The molecule has 5 heterocycles. The van der Waals surface area contributed by atoms with Gasteiger partial charge < -0.3 is 17.8 Å². The summed E-state index contributed by atoms with van der Waals surface area (Å²) in [4.78, 5) is 15.7. The molecule has 0 saturated carbocycles. The molecule has 0 aliphatic heterocycles. The zero-order valence-corrected chi connectivity index (χ0v) is 33.8. The molecule has 0 saturated heterocycles. The first-order valence-electron chi connectivity index (χ1n) is 21.4. The second-order valence-corrected chi connectivity index (χ2v) is 16.7. The van der Waals surface area contributed by atoms with E-state index in [9.17, 15) is 0 Å². The molecule has 0 N–H and O–H groups in total. The zero-order valence-electron chi connectivity index (χ0n) is 33.8. The Morgan fingerprint density at radius 3 is 1.36 bits per heavy atom. The highest BCUT2D eigenvalue weighted by Gasteiger charge is 2.24. The third-order valence-electron chi connectivity index (χ3n) is 13.2. The summed E-state index contributed by atoms with van der Waals surface area (Å²) in [6, 6.07) is 63.2. The van der Waals surface area contributed by atoms with Gasteiger partial charge in [0, 0.05) is 65.2 Å². The van der Waals surface area contributed by atoms with Gasteiger partial charge in [-0.3, -0.25) is 0 Å². The molecule has 0 spiro atoms. The van der Waals surface area contributed by atoms with E-state index in [0.717, 1.165) is 121 Å². The Labute approximate surface area is 362 Å². The zero-order chi connectivity index (χ0) is 41.6. The molecule has 64 heavy (non-hydrogen) atoms. The Morgan fingerprint density at radius 1 is 0.312 bits per heavy atom. The summed E-state index contributed by atoms with van der Waals surface area (Å²) in [5.74, 6) is 1.66. The number of fused-ring (bicyclic) bond motifs is 7. The molecular weight excluding hydrogens is 789 g/mol. The van der Waals surface area contributed by atoms with Gasteiger partial charge in [0.2, 0.25) is 0 Å². The van der Waals surface area contributed by atoms with Gasteiger partial charge in [0.05, 0.1) is 16.7 Å². The quantitative estimate of drug-likeness (QED) is 0.176. The summed E-state index contributed by atoms with van der Waals surface area (Å²) in [6.45, 7) is 0. The lowest BCUT2D eigenvalue weighted by molar-refractivity contribution is 0.664. The lowest BCUT2D eigenvalue weighted by atomic mass is 10.00. The van der Waals surface area contributed by atoms with Crippen LogP contribution in [0.3, 0.4) is 0 Å². The Bertz CT molecular complexity index is 4220. The number of hydrogen-bond acceptors (Lipinski definition) is 6. The van der Waals surface area contributed by atoms with Gasteiger partial charge in [0.25, 0.3) is 0 Å². The molecule has 0 unspecified atom stereocenters. The van der Waals surface area contributed by atoms with Crippen molar-refractivity contribution in [1.29, 1.82) is 0 Å². The van der Waals surface area contributed by atoms with Gasteiger partial charge in [-0.15, -0.1) is 0 Å². The third-order valence-corrected chi connectivity index (χ3v) is 13.2. The Morgan fingerprint density at radius 2 is 0.781 bits per heavy atom. The van der Waals surface area contributed by atoms with E-state index in [0.29, 0.717) is 17.5 Å². The first-order valence-corrected chi connectivity index (χ1v) is 21.4. The second-order valence-electron chi connectivity index (χ2n) is 16.7. The van der Waals surface area contributed by atoms with Crippen LogP contribution in [0.2, 0.25) is 0 Å². The number of benzene rings is 10. The Balaban J connectivity index is 0.980. The highest BCUT2D eigenvalue weighted by atomic mass is 16.3. The maximum Gasteiger partial charge on any atom is 0.164 e. The van der Waals surface area contributed by atoms with E-state index in [-0.39, 0.29) is 0 Å². The number of rotatable bonds is 4. The van der Waals surface area contributed by atoms with Gasteiger partial charge in [0.15, 0.2) is 17.5 Å². The average Bonchev–Trinajstić information content (AvgIpc) is 3.99. The molecule has 0 bridgehead atoms. The minimum atomic E-state index is 0.546. The van der Waals surface area contributed by atoms with Crippen LogP contribution in [0.25, 0.3) is 149 Å². The van der Waals surface area contributed by atoms with Crippen molar-refractivity contribution in [2.75, 3.05) is 0 Å². The fourth-order valence-electron chi connectivity index (χ4n) is 10.4. The van der Waals surface area contributed by atoms with E-state index in [1.165, 1.54) is 10.8 Å². The largest absolute Gasteiger partial charge is 0.456 e. The normalized spacial score (nSPS) is 12.4. The van der Waals surface area contributed by atoms with Crippen molar-refractivity contribution in [3.63, 3.8) is 0 Å². The second kappa shape index (κ2) is 12.4. The topological polar surface area (TPSA) is 83.0 Å². The standard InChI is InChI=1S/C57H30N4O3/c1-2-12-36-35(11-1)41(25-28-42(36)61-43-26-21-31-9-7-17-47-51(31)53(43)54-44(61)27-22-32-10-8-18-48(64-47)52(32)54)57-59-55(33-19-23-39-37-13-3-5-15-45(37)62-49(39)29-33)58-56(60-57)34-20-24-40-38-14-4-6-16-46(38)63-50(40)30-34/h1-30H. The van der Waals surface area contributed by atoms with Crippen molar-refractivity contribution in [2.45, 2.75) is 0 Å². The molecule has 0 fully saturated rings. The number of hydrogen-bond donors (Lipinski definition) is 0. The molecule has 0 aliphatic carbocycles. The summed E-state index contributed by atoms with van der Waals surface area (Å²) in [7, 11) is 0. The van der Waals surface area contributed by atoms with Crippen LogP contribution >= 0.6 is 0 Å². The molecule has 7 heteroatoms. The predicted molar refractivity (Wildman–Crippen MR) is 259 cm³/mol. The molecular formula is C57H30N4O3. The number of para-hydroxylation sites is 2. The van der Waals surface area contributed by atoms with Crippen molar-refractivity contribution in [3.8, 4) is 39.9 Å². The predicted octanol–water partition coefficient (Wildman–Crippen LogP) is 15.4. The van der Waals surface area contributed by atoms with Crippen molar-refractivity contribution in [2.24, 2.45) is 0 Å². The number of nitrogens with zero attached hydrogens (tertiary/aromatic N) is 4. The van der Waals surface area contributed by atoms with E-state index >= 15 is 0 Å². The monoisotopic (exact) mass is 818 g/mol. The van der Waals surface area contributed by atoms with E-state index in [1.807, 2.05) is 48.5 Å². The molecule has 0 radical (unpaired) electrons. The van der Waals surface area contributed by atoms with Gasteiger partial charge in [-0.1, -0.05) is 109 Å². The average molecular weight is 819 g/mol. The minimum absolute atomic E-state index is 0.546. The van der Waals surface area contributed by atoms with Gasteiger partial charge in [-0.05, 0) is 89.0 Å². The summed E-state index contributed by atoms with van der Waals surface area (Å²) in [5, 5.41) is 13.3. The van der Waals surface area contributed by atoms with E-state index in [2.05, 4.69) is 138 Å². The minimum Gasteiger partial charge on any atom is -0.456 e. The summed E-state index contributed by atoms with van der Waals surface area (Å²) >= 11 is 0. The van der Waals surface area contributed by atoms with Crippen LogP contribution in [0.5, 0.6) is 0 Å². The lowest BCUT2D eigenvalue weighted by Gasteiger charge is -2.15. The first kappa shape index (κ1) is 33.9. The molecule has 0 atom stereocenters. The summed E-state index contributed by atoms with van der Waals surface area (Å²) in [5.41, 5.74) is 10.8. The molecule has 15 rings (SSSR count). The molecule has 0 aliphatic rings. The molecule has 0 amide bonds. The molecule has 5 aromatic heterocycles. The van der Waals surface area contributed by atoms with Crippen LogP contribution in [0.1, 0.15) is 0 Å². The maximum absolute atomic E-state index is 6.71. The van der Waals surface area contributed by atoms with Gasteiger partial charge in [0.1, 0.15) is 33.5 Å². The molecule has 7 nitrogen and oxygen atoms in total. The van der Waals surface area contributed by atoms with Crippen molar-refractivity contribution in [3.05, 3.63) is 182 Å². The van der Waals surface area contributed by atoms with E-state index in [1.54, 1.807) is 0 Å². The highest BCUT2D eigenvalue weighted by Crippen LogP contribution is 2.46. The van der Waals surface area contributed by atoms with Crippen LogP contribution in [-0.2, 0) is 0 Å². The van der Waals surface area contributed by atoms with Crippen LogP contribution < -0.4 is 0 Å². The van der Waals surface area contributed by atoms with Gasteiger partial charge >= 0.3 is 0 Å². The van der Waals surface area contributed by atoms with Crippen LogP contribution in [0.4, 0.5) is 0 Å². The van der Waals surface area contributed by atoms with Crippen LogP contribution in [0, 0.1) is 0 Å². The molecule has 296 valence electrons. The maximum atomic E-state index is 6.71. The van der Waals surface area contributed by atoms with Crippen molar-refractivity contribution < 1.29 is 13.3 Å². The molecule has 10 aromatic carbocycles. The highest BCUT2D eigenvalue weighted by molar-refractivity contribution is 6.34. The molecule has 15 aromatic rings. The SMILES string of the molecule is c1ccc2c(c1)oc1cc(-c3nc(-c4ccc5c(c4)oc4ccccc45)nc(-c4ccc(-n5c6ccc7cccc8oc9cccc%10ccc5c(c%109)c6c78)c5ccccc45)n3)ccc12. The summed E-state index contributed by atoms with van der Waals surface area (Å²) < 4.78 is 21.8. The summed E-state index contributed by atoms with van der Waals surface area (Å²) in [6.07, 6.45) is 0. The van der Waals surface area contributed by atoms with E-state index < -0.39 is 0 Å². The van der Waals surface area contributed by atoms with Crippen molar-refractivity contribution >= 4 is 109 Å². The number of aromatic nitrogens is 4. The number of furan rings is 2. The fourth-order valence-corrected chi connectivity index (χ4v) is 10.4.